The Bertz CT molecular complexity index is 849. The van der Waals surface area contributed by atoms with E-state index >= 15 is 0 Å². The zero-order valence-corrected chi connectivity index (χ0v) is 11.8. The lowest BCUT2D eigenvalue weighted by molar-refractivity contribution is 0.776. The number of nitrogens with zero attached hydrogens (tertiary/aromatic N) is 4. The van der Waals surface area contributed by atoms with E-state index in [0.717, 1.165) is 26.7 Å². The second-order valence-corrected chi connectivity index (χ2v) is 6.33. The Kier molecular flexibility index (Phi) is 2.41. The summed E-state index contributed by atoms with van der Waals surface area (Å²) in [4.78, 5) is 10.2. The van der Waals surface area contributed by atoms with Crippen LogP contribution in [0.3, 0.4) is 0 Å². The molecule has 20 heavy (non-hydrogen) atoms. The van der Waals surface area contributed by atoms with E-state index in [1.54, 1.807) is 11.3 Å². The van der Waals surface area contributed by atoms with Gasteiger partial charge in [0.25, 0.3) is 0 Å². The van der Waals surface area contributed by atoms with Gasteiger partial charge in [-0.3, -0.25) is 0 Å². The highest BCUT2D eigenvalue weighted by Crippen LogP contribution is 2.42. The maximum Gasteiger partial charge on any atom is 0.153 e. The van der Waals surface area contributed by atoms with Gasteiger partial charge in [0.2, 0.25) is 0 Å². The number of thiazole rings is 1. The summed E-state index contributed by atoms with van der Waals surface area (Å²) in [6.45, 7) is 2.01. The molecule has 1 aromatic carbocycles. The molecule has 0 radical (unpaired) electrons. The number of aromatic nitrogens is 3. The molecule has 0 bridgehead atoms. The van der Waals surface area contributed by atoms with Crippen molar-refractivity contribution in [3.8, 4) is 16.8 Å². The molecule has 0 amide bonds. The second kappa shape index (κ2) is 4.15. The molecular formula is C15H12N4S. The largest absolute Gasteiger partial charge is 0.320 e. The number of fused-ring (bicyclic) bond motifs is 1. The van der Waals surface area contributed by atoms with Crippen molar-refractivity contribution in [1.82, 2.24) is 14.5 Å². The highest BCUT2D eigenvalue weighted by atomic mass is 32.1. The fourth-order valence-electron chi connectivity index (χ4n) is 2.51. The smallest absolute Gasteiger partial charge is 0.153 e. The number of rotatable bonds is 2. The van der Waals surface area contributed by atoms with Crippen molar-refractivity contribution in [1.29, 1.82) is 5.26 Å². The van der Waals surface area contributed by atoms with E-state index in [0.29, 0.717) is 11.6 Å². The Morgan fingerprint density at radius 1 is 1.40 bits per heavy atom. The van der Waals surface area contributed by atoms with Crippen LogP contribution in [-0.2, 0) is 0 Å². The summed E-state index contributed by atoms with van der Waals surface area (Å²) in [5.41, 5.74) is 2.68. The van der Waals surface area contributed by atoms with E-state index in [9.17, 15) is 0 Å². The molecular weight excluding hydrogens is 268 g/mol. The van der Waals surface area contributed by atoms with Crippen LogP contribution in [0.1, 0.15) is 29.5 Å². The number of aryl methyl sites for hydroxylation is 1. The first-order valence-electron chi connectivity index (χ1n) is 6.61. The third kappa shape index (κ3) is 1.73. The fourth-order valence-corrected chi connectivity index (χ4v) is 3.27. The Balaban J connectivity index is 1.99. The van der Waals surface area contributed by atoms with E-state index in [1.165, 1.54) is 12.8 Å². The average Bonchev–Trinajstić information content (AvgIpc) is 3.09. The quantitative estimate of drug-likeness (QED) is 0.719. The molecule has 0 unspecified atom stereocenters. The summed E-state index contributed by atoms with van der Waals surface area (Å²) < 4.78 is 2.31. The molecule has 4 rings (SSSR count). The van der Waals surface area contributed by atoms with Crippen LogP contribution in [0.15, 0.2) is 24.4 Å². The molecule has 2 aromatic heterocycles. The maximum absolute atomic E-state index is 9.02. The molecule has 0 N–H and O–H groups in total. The standard InChI is InChI=1S/C15H12N4S/c1-9-17-8-14(20-9)15-18-12-6-10(7-16)2-5-13(12)19(15)11-3-4-11/h2,5-6,8,11H,3-4H2,1H3. The van der Waals surface area contributed by atoms with E-state index in [-0.39, 0.29) is 0 Å². The van der Waals surface area contributed by atoms with Crippen molar-refractivity contribution in [2.24, 2.45) is 0 Å². The molecule has 0 spiro atoms. The number of nitriles is 1. The molecule has 3 aromatic rings. The summed E-state index contributed by atoms with van der Waals surface area (Å²) in [5.74, 6) is 0.989. The first-order chi connectivity index (χ1) is 9.76. The summed E-state index contributed by atoms with van der Waals surface area (Å²) in [6.07, 6.45) is 4.30. The minimum atomic E-state index is 0.547. The third-order valence-corrected chi connectivity index (χ3v) is 4.48. The van der Waals surface area contributed by atoms with Crippen LogP contribution in [0.5, 0.6) is 0 Å². The Morgan fingerprint density at radius 3 is 2.90 bits per heavy atom. The van der Waals surface area contributed by atoms with Crippen LogP contribution < -0.4 is 0 Å². The molecule has 4 nitrogen and oxygen atoms in total. The van der Waals surface area contributed by atoms with E-state index in [2.05, 4.69) is 15.6 Å². The van der Waals surface area contributed by atoms with Crippen molar-refractivity contribution in [3.05, 3.63) is 35.0 Å². The summed E-state index contributed by atoms with van der Waals surface area (Å²) in [5, 5.41) is 10.1. The average molecular weight is 280 g/mol. The topological polar surface area (TPSA) is 54.5 Å². The van der Waals surface area contributed by atoms with Crippen molar-refractivity contribution in [3.63, 3.8) is 0 Å². The lowest BCUT2D eigenvalue weighted by Crippen LogP contribution is -1.96. The molecule has 0 aliphatic heterocycles. The zero-order chi connectivity index (χ0) is 13.7. The Morgan fingerprint density at radius 2 is 2.25 bits per heavy atom. The first-order valence-corrected chi connectivity index (χ1v) is 7.43. The molecule has 0 atom stereocenters. The van der Waals surface area contributed by atoms with Gasteiger partial charge in [0.1, 0.15) is 0 Å². The number of imidazole rings is 1. The number of hydrogen-bond donors (Lipinski definition) is 0. The molecule has 0 saturated heterocycles. The highest BCUT2D eigenvalue weighted by Gasteiger charge is 2.29. The van der Waals surface area contributed by atoms with Gasteiger partial charge in [-0.05, 0) is 38.0 Å². The van der Waals surface area contributed by atoms with Crippen molar-refractivity contribution in [2.75, 3.05) is 0 Å². The molecule has 1 aliphatic rings. The maximum atomic E-state index is 9.02. The van der Waals surface area contributed by atoms with E-state index < -0.39 is 0 Å². The Labute approximate surface area is 120 Å². The fraction of sp³-hybridized carbons (Fsp3) is 0.267. The van der Waals surface area contributed by atoms with Crippen LogP contribution in [0, 0.1) is 18.3 Å². The minimum absolute atomic E-state index is 0.547. The monoisotopic (exact) mass is 280 g/mol. The van der Waals surface area contributed by atoms with Gasteiger partial charge in [-0.15, -0.1) is 11.3 Å². The zero-order valence-electron chi connectivity index (χ0n) is 11.0. The van der Waals surface area contributed by atoms with E-state index in [1.807, 2.05) is 31.3 Å². The molecule has 98 valence electrons. The lowest BCUT2D eigenvalue weighted by Gasteiger charge is -2.05. The van der Waals surface area contributed by atoms with Gasteiger partial charge in [-0.1, -0.05) is 0 Å². The van der Waals surface area contributed by atoms with Crippen LogP contribution in [0.4, 0.5) is 0 Å². The molecule has 1 aliphatic carbocycles. The van der Waals surface area contributed by atoms with E-state index in [4.69, 9.17) is 10.2 Å². The molecule has 1 saturated carbocycles. The second-order valence-electron chi connectivity index (χ2n) is 5.10. The summed E-state index contributed by atoms with van der Waals surface area (Å²) in [6, 6.07) is 8.47. The SMILES string of the molecule is Cc1ncc(-c2nc3cc(C#N)ccc3n2C2CC2)s1. The van der Waals surface area contributed by atoms with Crippen molar-refractivity contribution >= 4 is 22.4 Å². The molecule has 1 fully saturated rings. The van der Waals surface area contributed by atoms with Gasteiger partial charge < -0.3 is 4.57 Å². The van der Waals surface area contributed by atoms with Crippen LogP contribution in [0.25, 0.3) is 21.7 Å². The highest BCUT2D eigenvalue weighted by molar-refractivity contribution is 7.15. The number of hydrogen-bond acceptors (Lipinski definition) is 4. The molecule has 2 heterocycles. The summed E-state index contributed by atoms with van der Waals surface area (Å²) in [7, 11) is 0. The van der Waals surface area contributed by atoms with Crippen LogP contribution in [0.2, 0.25) is 0 Å². The van der Waals surface area contributed by atoms with Crippen LogP contribution in [-0.4, -0.2) is 14.5 Å². The first kappa shape index (κ1) is 11.6. The predicted octanol–water partition coefficient (Wildman–Crippen LogP) is 3.67. The van der Waals surface area contributed by atoms with Gasteiger partial charge in [0.15, 0.2) is 5.82 Å². The van der Waals surface area contributed by atoms with Gasteiger partial charge in [0.05, 0.1) is 32.6 Å². The van der Waals surface area contributed by atoms with Gasteiger partial charge >= 0.3 is 0 Å². The third-order valence-electron chi connectivity index (χ3n) is 3.57. The van der Waals surface area contributed by atoms with Gasteiger partial charge in [-0.25, -0.2) is 9.97 Å². The van der Waals surface area contributed by atoms with Gasteiger partial charge in [-0.2, -0.15) is 5.26 Å². The normalized spacial score (nSPS) is 14.6. The molecule has 5 heteroatoms. The summed E-state index contributed by atoms with van der Waals surface area (Å²) >= 11 is 1.67. The lowest BCUT2D eigenvalue weighted by atomic mass is 10.2. The van der Waals surface area contributed by atoms with Gasteiger partial charge in [0, 0.05) is 12.2 Å². The van der Waals surface area contributed by atoms with Crippen molar-refractivity contribution in [2.45, 2.75) is 25.8 Å². The Hall–Kier alpha value is -2.19. The van der Waals surface area contributed by atoms with Crippen molar-refractivity contribution < 1.29 is 0 Å². The minimum Gasteiger partial charge on any atom is -0.320 e. The van der Waals surface area contributed by atoms with Crippen LogP contribution >= 0.6 is 11.3 Å². The predicted molar refractivity (Wildman–Crippen MR) is 78.6 cm³/mol. The number of benzene rings is 1.